The molecule has 0 spiro atoms. The molecular weight excluding hydrogens is 172 g/mol. The van der Waals surface area contributed by atoms with Crippen LogP contribution in [0.25, 0.3) is 0 Å². The Morgan fingerprint density at radius 2 is 1.86 bits per heavy atom. The summed E-state index contributed by atoms with van der Waals surface area (Å²) in [4.78, 5) is 0. The average molecular weight is 196 g/mol. The van der Waals surface area contributed by atoms with E-state index in [1.807, 2.05) is 0 Å². The topological polar surface area (TPSA) is 24.1 Å². The lowest BCUT2D eigenvalue weighted by atomic mass is 10.0. The predicted octanol–water partition coefficient (Wildman–Crippen LogP) is 1.77. The summed E-state index contributed by atoms with van der Waals surface area (Å²) >= 11 is 0. The van der Waals surface area contributed by atoms with Gasteiger partial charge < -0.3 is 10.6 Å². The zero-order valence-corrected chi connectivity index (χ0v) is 9.44. The fraction of sp³-hybridized carbons (Fsp3) is 1.00. The second-order valence-corrected chi connectivity index (χ2v) is 5.18. The summed E-state index contributed by atoms with van der Waals surface area (Å²) in [7, 11) is 0. The second kappa shape index (κ2) is 4.63. The van der Waals surface area contributed by atoms with Crippen LogP contribution in [-0.4, -0.2) is 26.2 Å². The first kappa shape index (κ1) is 10.4. The summed E-state index contributed by atoms with van der Waals surface area (Å²) in [6, 6.07) is 0. The Kier molecular flexibility index (Phi) is 3.45. The van der Waals surface area contributed by atoms with E-state index in [-0.39, 0.29) is 0 Å². The molecule has 0 aliphatic heterocycles. The SMILES string of the molecule is CCC1(CNCCNCC2CC2)CC1. The lowest BCUT2D eigenvalue weighted by molar-refractivity contribution is 0.440. The summed E-state index contributed by atoms with van der Waals surface area (Å²) in [6.07, 6.45) is 7.17. The van der Waals surface area contributed by atoms with Gasteiger partial charge in [0.1, 0.15) is 0 Å². The minimum absolute atomic E-state index is 0.705. The summed E-state index contributed by atoms with van der Waals surface area (Å²) in [5, 5.41) is 7.08. The molecule has 0 saturated heterocycles. The molecule has 0 amide bonds. The summed E-state index contributed by atoms with van der Waals surface area (Å²) < 4.78 is 0. The van der Waals surface area contributed by atoms with Crippen LogP contribution in [0.5, 0.6) is 0 Å². The highest BCUT2D eigenvalue weighted by Crippen LogP contribution is 2.47. The molecule has 14 heavy (non-hydrogen) atoms. The van der Waals surface area contributed by atoms with Crippen molar-refractivity contribution >= 4 is 0 Å². The van der Waals surface area contributed by atoms with E-state index in [2.05, 4.69) is 17.6 Å². The van der Waals surface area contributed by atoms with Crippen LogP contribution in [0.1, 0.15) is 39.0 Å². The largest absolute Gasteiger partial charge is 0.315 e. The molecule has 0 aromatic carbocycles. The monoisotopic (exact) mass is 196 g/mol. The molecule has 2 nitrogen and oxygen atoms in total. The molecule has 2 aliphatic rings. The fourth-order valence-corrected chi connectivity index (χ4v) is 1.99. The third kappa shape index (κ3) is 3.25. The summed E-state index contributed by atoms with van der Waals surface area (Å²) in [6.45, 7) is 7.11. The zero-order chi connectivity index (χ0) is 9.86. The minimum Gasteiger partial charge on any atom is -0.315 e. The number of hydrogen-bond acceptors (Lipinski definition) is 2. The maximum atomic E-state index is 3.57. The molecule has 82 valence electrons. The Hall–Kier alpha value is -0.0800. The van der Waals surface area contributed by atoms with Crippen molar-refractivity contribution in [2.75, 3.05) is 26.2 Å². The molecule has 2 rings (SSSR count). The molecule has 0 bridgehead atoms. The van der Waals surface area contributed by atoms with Crippen molar-refractivity contribution in [3.05, 3.63) is 0 Å². The average Bonchev–Trinajstić information content (AvgIpc) is 3.06. The second-order valence-electron chi connectivity index (χ2n) is 5.18. The first-order valence-corrected chi connectivity index (χ1v) is 6.26. The molecular formula is C12H24N2. The van der Waals surface area contributed by atoms with E-state index in [1.54, 1.807) is 0 Å². The van der Waals surface area contributed by atoms with Crippen LogP contribution < -0.4 is 10.6 Å². The Labute approximate surface area is 87.8 Å². The van der Waals surface area contributed by atoms with E-state index in [0.717, 1.165) is 19.0 Å². The van der Waals surface area contributed by atoms with Gasteiger partial charge in [0.05, 0.1) is 0 Å². The van der Waals surface area contributed by atoms with Crippen LogP contribution in [0, 0.1) is 11.3 Å². The van der Waals surface area contributed by atoms with Crippen molar-refractivity contribution in [3.8, 4) is 0 Å². The Balaban J connectivity index is 1.39. The van der Waals surface area contributed by atoms with Crippen molar-refractivity contribution < 1.29 is 0 Å². The fourth-order valence-electron chi connectivity index (χ4n) is 1.99. The Bertz CT molecular complexity index is 171. The van der Waals surface area contributed by atoms with Crippen molar-refractivity contribution in [2.24, 2.45) is 11.3 Å². The lowest BCUT2D eigenvalue weighted by Gasteiger charge is -2.13. The van der Waals surface area contributed by atoms with E-state index in [1.165, 1.54) is 45.2 Å². The van der Waals surface area contributed by atoms with Gasteiger partial charge in [-0.2, -0.15) is 0 Å². The predicted molar refractivity (Wildman–Crippen MR) is 60.4 cm³/mol. The molecule has 2 aliphatic carbocycles. The maximum Gasteiger partial charge on any atom is 0.00769 e. The van der Waals surface area contributed by atoms with Crippen LogP contribution in [0.2, 0.25) is 0 Å². The normalized spacial score (nSPS) is 23.8. The number of nitrogens with one attached hydrogen (secondary N) is 2. The first-order chi connectivity index (χ1) is 6.85. The first-order valence-electron chi connectivity index (χ1n) is 6.26. The van der Waals surface area contributed by atoms with E-state index in [9.17, 15) is 0 Å². The van der Waals surface area contributed by atoms with Gasteiger partial charge in [-0.3, -0.25) is 0 Å². The summed E-state index contributed by atoms with van der Waals surface area (Å²) in [5.41, 5.74) is 0.705. The van der Waals surface area contributed by atoms with Crippen molar-refractivity contribution in [1.82, 2.24) is 10.6 Å². The molecule has 0 radical (unpaired) electrons. The maximum absolute atomic E-state index is 3.57. The van der Waals surface area contributed by atoms with Gasteiger partial charge >= 0.3 is 0 Å². The quantitative estimate of drug-likeness (QED) is 0.578. The smallest absolute Gasteiger partial charge is 0.00769 e. The summed E-state index contributed by atoms with van der Waals surface area (Å²) in [5.74, 6) is 1.01. The highest BCUT2D eigenvalue weighted by molar-refractivity contribution is 4.93. The third-order valence-electron chi connectivity index (χ3n) is 3.82. The van der Waals surface area contributed by atoms with E-state index < -0.39 is 0 Å². The standard InChI is InChI=1S/C12H24N2/c1-2-12(5-6-12)10-14-8-7-13-9-11-3-4-11/h11,13-14H,2-10H2,1H3. The van der Waals surface area contributed by atoms with Gasteiger partial charge in [-0.25, -0.2) is 0 Å². The van der Waals surface area contributed by atoms with Gasteiger partial charge in [-0.15, -0.1) is 0 Å². The van der Waals surface area contributed by atoms with Crippen LogP contribution in [0.4, 0.5) is 0 Å². The van der Waals surface area contributed by atoms with Crippen LogP contribution in [0.15, 0.2) is 0 Å². The Morgan fingerprint density at radius 3 is 2.43 bits per heavy atom. The molecule has 2 saturated carbocycles. The molecule has 0 atom stereocenters. The molecule has 0 aromatic rings. The number of rotatable bonds is 8. The van der Waals surface area contributed by atoms with Gasteiger partial charge in [-0.1, -0.05) is 6.92 Å². The van der Waals surface area contributed by atoms with Gasteiger partial charge in [0.15, 0.2) is 0 Å². The van der Waals surface area contributed by atoms with Crippen molar-refractivity contribution in [3.63, 3.8) is 0 Å². The highest BCUT2D eigenvalue weighted by Gasteiger charge is 2.39. The molecule has 2 N–H and O–H groups in total. The number of hydrogen-bond donors (Lipinski definition) is 2. The molecule has 2 fully saturated rings. The Morgan fingerprint density at radius 1 is 1.14 bits per heavy atom. The molecule has 0 unspecified atom stereocenters. The van der Waals surface area contributed by atoms with Gasteiger partial charge in [0.2, 0.25) is 0 Å². The third-order valence-corrected chi connectivity index (χ3v) is 3.82. The van der Waals surface area contributed by atoms with Crippen molar-refractivity contribution in [2.45, 2.75) is 39.0 Å². The van der Waals surface area contributed by atoms with E-state index in [4.69, 9.17) is 0 Å². The lowest BCUT2D eigenvalue weighted by Crippen LogP contribution is -2.32. The van der Waals surface area contributed by atoms with Gasteiger partial charge in [-0.05, 0) is 50.0 Å². The van der Waals surface area contributed by atoms with E-state index in [0.29, 0.717) is 5.41 Å². The molecule has 0 heterocycles. The van der Waals surface area contributed by atoms with Gasteiger partial charge in [0, 0.05) is 19.6 Å². The van der Waals surface area contributed by atoms with Crippen LogP contribution in [0.3, 0.4) is 0 Å². The zero-order valence-electron chi connectivity index (χ0n) is 9.44. The van der Waals surface area contributed by atoms with Gasteiger partial charge in [0.25, 0.3) is 0 Å². The van der Waals surface area contributed by atoms with E-state index >= 15 is 0 Å². The van der Waals surface area contributed by atoms with Crippen LogP contribution in [-0.2, 0) is 0 Å². The molecule has 2 heteroatoms. The minimum atomic E-state index is 0.705. The molecule has 0 aromatic heterocycles. The highest BCUT2D eigenvalue weighted by atomic mass is 15.0. The van der Waals surface area contributed by atoms with Crippen LogP contribution >= 0.6 is 0 Å². The van der Waals surface area contributed by atoms with Crippen molar-refractivity contribution in [1.29, 1.82) is 0 Å².